The molecule has 1 saturated heterocycles. The van der Waals surface area contributed by atoms with Crippen LogP contribution in [0.5, 0.6) is 0 Å². The standard InChI is InChI=1S/C13H20N4O2S/c1-9-12(20-16-15-9)13(19)17-7-4-11(5-8-17)3-6-14-10(2)18/h11H,3-8H2,1-2H3,(H,14,18). The summed E-state index contributed by atoms with van der Waals surface area (Å²) in [5.41, 5.74) is 0.716. The Hall–Kier alpha value is -1.50. The van der Waals surface area contributed by atoms with Crippen molar-refractivity contribution in [2.24, 2.45) is 5.92 Å². The first-order valence-electron chi connectivity index (χ1n) is 6.90. The minimum atomic E-state index is 0.0192. The van der Waals surface area contributed by atoms with E-state index in [1.807, 2.05) is 11.8 Å². The highest BCUT2D eigenvalue weighted by molar-refractivity contribution is 7.07. The third-order valence-corrected chi connectivity index (χ3v) is 4.49. The third kappa shape index (κ3) is 3.75. The lowest BCUT2D eigenvalue weighted by atomic mass is 9.93. The molecule has 2 amide bonds. The number of hydrogen-bond donors (Lipinski definition) is 1. The van der Waals surface area contributed by atoms with Crippen LogP contribution in [0.2, 0.25) is 0 Å². The zero-order chi connectivity index (χ0) is 14.5. The Labute approximate surface area is 122 Å². The summed E-state index contributed by atoms with van der Waals surface area (Å²) < 4.78 is 3.81. The van der Waals surface area contributed by atoms with Gasteiger partial charge in [0.05, 0.1) is 5.69 Å². The van der Waals surface area contributed by atoms with E-state index in [1.165, 1.54) is 18.5 Å². The number of amides is 2. The number of hydrogen-bond acceptors (Lipinski definition) is 5. The quantitative estimate of drug-likeness (QED) is 0.906. The summed E-state index contributed by atoms with van der Waals surface area (Å²) in [4.78, 5) is 25.6. The minimum absolute atomic E-state index is 0.0192. The van der Waals surface area contributed by atoms with Crippen LogP contribution >= 0.6 is 11.5 Å². The molecule has 0 bridgehead atoms. The molecule has 7 heteroatoms. The molecule has 0 saturated carbocycles. The van der Waals surface area contributed by atoms with Gasteiger partial charge in [0.2, 0.25) is 5.91 Å². The van der Waals surface area contributed by atoms with Gasteiger partial charge in [0.15, 0.2) is 0 Å². The molecular formula is C13H20N4O2S. The number of piperidine rings is 1. The van der Waals surface area contributed by atoms with E-state index in [4.69, 9.17) is 0 Å². The fraction of sp³-hybridized carbons (Fsp3) is 0.692. The summed E-state index contributed by atoms with van der Waals surface area (Å²) >= 11 is 1.17. The molecule has 1 fully saturated rings. The summed E-state index contributed by atoms with van der Waals surface area (Å²) in [6.07, 6.45) is 2.98. The molecule has 1 N–H and O–H groups in total. The summed E-state index contributed by atoms with van der Waals surface area (Å²) in [5.74, 6) is 0.662. The van der Waals surface area contributed by atoms with Gasteiger partial charge in [-0.1, -0.05) is 4.49 Å². The molecule has 0 atom stereocenters. The number of aromatic nitrogens is 2. The Kier molecular flexibility index (Phi) is 5.05. The largest absolute Gasteiger partial charge is 0.356 e. The average molecular weight is 296 g/mol. The maximum Gasteiger partial charge on any atom is 0.267 e. The topological polar surface area (TPSA) is 75.2 Å². The zero-order valence-electron chi connectivity index (χ0n) is 11.9. The van der Waals surface area contributed by atoms with Crippen molar-refractivity contribution < 1.29 is 9.59 Å². The molecule has 0 aliphatic carbocycles. The van der Waals surface area contributed by atoms with E-state index in [2.05, 4.69) is 14.9 Å². The number of nitrogens with one attached hydrogen (secondary N) is 1. The van der Waals surface area contributed by atoms with Gasteiger partial charge in [-0.2, -0.15) is 0 Å². The second-order valence-corrected chi connectivity index (χ2v) is 5.95. The zero-order valence-corrected chi connectivity index (χ0v) is 12.7. The van der Waals surface area contributed by atoms with Crippen LogP contribution in [0, 0.1) is 12.8 Å². The van der Waals surface area contributed by atoms with Gasteiger partial charge in [-0.05, 0) is 43.6 Å². The molecule has 1 aromatic heterocycles. The van der Waals surface area contributed by atoms with Crippen LogP contribution in [0.15, 0.2) is 0 Å². The number of aryl methyl sites for hydroxylation is 1. The lowest BCUT2D eigenvalue weighted by molar-refractivity contribution is -0.119. The highest BCUT2D eigenvalue weighted by Crippen LogP contribution is 2.22. The van der Waals surface area contributed by atoms with Crippen molar-refractivity contribution in [1.82, 2.24) is 19.8 Å². The number of carbonyl (C=O) groups excluding carboxylic acids is 2. The van der Waals surface area contributed by atoms with Crippen LogP contribution in [-0.4, -0.2) is 45.9 Å². The van der Waals surface area contributed by atoms with E-state index in [0.717, 1.165) is 38.9 Å². The van der Waals surface area contributed by atoms with Crippen LogP contribution in [0.1, 0.15) is 41.6 Å². The van der Waals surface area contributed by atoms with Gasteiger partial charge in [-0.3, -0.25) is 9.59 Å². The van der Waals surface area contributed by atoms with Gasteiger partial charge in [0.1, 0.15) is 4.88 Å². The van der Waals surface area contributed by atoms with Crippen molar-refractivity contribution >= 4 is 23.3 Å². The van der Waals surface area contributed by atoms with E-state index >= 15 is 0 Å². The molecular weight excluding hydrogens is 276 g/mol. The second kappa shape index (κ2) is 6.78. The van der Waals surface area contributed by atoms with Gasteiger partial charge < -0.3 is 10.2 Å². The summed E-state index contributed by atoms with van der Waals surface area (Å²) in [6, 6.07) is 0. The van der Waals surface area contributed by atoms with Crippen LogP contribution < -0.4 is 5.32 Å². The van der Waals surface area contributed by atoms with E-state index < -0.39 is 0 Å². The fourth-order valence-electron chi connectivity index (χ4n) is 2.45. The molecule has 0 aromatic carbocycles. The molecule has 1 aliphatic heterocycles. The molecule has 0 unspecified atom stereocenters. The monoisotopic (exact) mass is 296 g/mol. The molecule has 2 heterocycles. The van der Waals surface area contributed by atoms with Crippen molar-refractivity contribution in [1.29, 1.82) is 0 Å². The molecule has 2 rings (SSSR count). The van der Waals surface area contributed by atoms with Gasteiger partial charge in [-0.15, -0.1) is 5.10 Å². The van der Waals surface area contributed by atoms with E-state index in [9.17, 15) is 9.59 Å². The van der Waals surface area contributed by atoms with Gasteiger partial charge in [0.25, 0.3) is 5.91 Å². The summed E-state index contributed by atoms with van der Waals surface area (Å²) in [6.45, 7) is 5.64. The van der Waals surface area contributed by atoms with Crippen molar-refractivity contribution in [2.75, 3.05) is 19.6 Å². The maximum atomic E-state index is 12.3. The average Bonchev–Trinajstić information content (AvgIpc) is 2.84. The van der Waals surface area contributed by atoms with Gasteiger partial charge in [0, 0.05) is 26.6 Å². The Morgan fingerprint density at radius 2 is 2.10 bits per heavy atom. The first-order valence-corrected chi connectivity index (χ1v) is 7.68. The Bertz CT molecular complexity index is 480. The molecule has 110 valence electrons. The number of likely N-dealkylation sites (tertiary alicyclic amines) is 1. The van der Waals surface area contributed by atoms with E-state index in [0.29, 0.717) is 16.5 Å². The van der Waals surface area contributed by atoms with Gasteiger partial charge >= 0.3 is 0 Å². The Morgan fingerprint density at radius 1 is 1.40 bits per heavy atom. The molecule has 1 aliphatic rings. The van der Waals surface area contributed by atoms with Crippen LogP contribution in [0.3, 0.4) is 0 Å². The molecule has 6 nitrogen and oxygen atoms in total. The van der Waals surface area contributed by atoms with Crippen LogP contribution in [0.25, 0.3) is 0 Å². The van der Waals surface area contributed by atoms with Gasteiger partial charge in [-0.25, -0.2) is 0 Å². The van der Waals surface area contributed by atoms with Crippen LogP contribution in [-0.2, 0) is 4.79 Å². The first-order chi connectivity index (χ1) is 9.58. The number of carbonyl (C=O) groups is 2. The Balaban J connectivity index is 1.78. The minimum Gasteiger partial charge on any atom is -0.356 e. The number of rotatable bonds is 4. The smallest absolute Gasteiger partial charge is 0.267 e. The van der Waals surface area contributed by atoms with Crippen molar-refractivity contribution in [2.45, 2.75) is 33.1 Å². The lowest BCUT2D eigenvalue weighted by Crippen LogP contribution is -2.39. The molecule has 20 heavy (non-hydrogen) atoms. The predicted molar refractivity (Wildman–Crippen MR) is 76.6 cm³/mol. The third-order valence-electron chi connectivity index (χ3n) is 3.67. The van der Waals surface area contributed by atoms with Crippen LogP contribution in [0.4, 0.5) is 0 Å². The SMILES string of the molecule is CC(=O)NCCC1CCN(C(=O)c2snnc2C)CC1. The van der Waals surface area contributed by atoms with Crippen molar-refractivity contribution in [3.63, 3.8) is 0 Å². The lowest BCUT2D eigenvalue weighted by Gasteiger charge is -2.31. The highest BCUT2D eigenvalue weighted by Gasteiger charge is 2.25. The molecule has 0 radical (unpaired) electrons. The van der Waals surface area contributed by atoms with Crippen molar-refractivity contribution in [3.8, 4) is 0 Å². The maximum absolute atomic E-state index is 12.3. The predicted octanol–water partition coefficient (Wildman–Crippen LogP) is 1.22. The Morgan fingerprint density at radius 3 is 2.65 bits per heavy atom. The van der Waals surface area contributed by atoms with E-state index in [1.54, 1.807) is 0 Å². The van der Waals surface area contributed by atoms with E-state index in [-0.39, 0.29) is 11.8 Å². The molecule has 0 spiro atoms. The second-order valence-electron chi connectivity index (χ2n) is 5.19. The highest BCUT2D eigenvalue weighted by atomic mass is 32.1. The molecule has 1 aromatic rings. The summed E-state index contributed by atoms with van der Waals surface area (Å²) in [7, 11) is 0. The normalized spacial score (nSPS) is 16.2. The summed E-state index contributed by atoms with van der Waals surface area (Å²) in [5, 5.41) is 6.71. The van der Waals surface area contributed by atoms with Crippen molar-refractivity contribution in [3.05, 3.63) is 10.6 Å². The first kappa shape index (κ1) is 14.9. The fourth-order valence-corrected chi connectivity index (χ4v) is 3.07. The number of nitrogens with zero attached hydrogens (tertiary/aromatic N) is 3.